The lowest BCUT2D eigenvalue weighted by Gasteiger charge is -2.37. The van der Waals surface area contributed by atoms with Gasteiger partial charge in [0.15, 0.2) is 0 Å². The van der Waals surface area contributed by atoms with E-state index >= 15 is 0 Å². The van der Waals surface area contributed by atoms with Gasteiger partial charge in [0.2, 0.25) is 0 Å². The Balaban J connectivity index is 1.27. The molecule has 2 fully saturated rings. The summed E-state index contributed by atoms with van der Waals surface area (Å²) >= 11 is 1.93. The summed E-state index contributed by atoms with van der Waals surface area (Å²) in [7, 11) is 0. The molecular weight excluding hydrogens is 318 g/mol. The lowest BCUT2D eigenvalue weighted by molar-refractivity contribution is 0.0457. The van der Waals surface area contributed by atoms with Crippen LogP contribution in [0.3, 0.4) is 0 Å². The average molecular weight is 343 g/mol. The van der Waals surface area contributed by atoms with Crippen molar-refractivity contribution in [3.05, 3.63) is 52.0 Å². The Labute approximate surface area is 148 Å². The SMILES string of the molecule is Cc1ccc(CN2CCN3C[C@@H](OCc4cccnc4)C[C@H]3C2)s1. The van der Waals surface area contributed by atoms with Crippen LogP contribution in [0.4, 0.5) is 0 Å². The first-order valence-corrected chi connectivity index (χ1v) is 9.60. The maximum Gasteiger partial charge on any atom is 0.0736 e. The molecule has 24 heavy (non-hydrogen) atoms. The van der Waals surface area contributed by atoms with E-state index in [0.29, 0.717) is 18.8 Å². The molecule has 2 aliphatic rings. The highest BCUT2D eigenvalue weighted by Gasteiger charge is 2.36. The molecule has 2 aromatic rings. The summed E-state index contributed by atoms with van der Waals surface area (Å²) in [5, 5.41) is 0. The maximum atomic E-state index is 6.14. The zero-order valence-corrected chi connectivity index (χ0v) is 15.0. The van der Waals surface area contributed by atoms with Crippen LogP contribution in [0.5, 0.6) is 0 Å². The largest absolute Gasteiger partial charge is 0.372 e. The minimum atomic E-state index is 0.360. The number of piperazine rings is 1. The van der Waals surface area contributed by atoms with E-state index in [1.807, 2.05) is 29.8 Å². The van der Waals surface area contributed by atoms with Gasteiger partial charge in [-0.15, -0.1) is 11.3 Å². The monoisotopic (exact) mass is 343 g/mol. The third-order valence-corrected chi connectivity index (χ3v) is 6.03. The molecule has 4 heterocycles. The molecule has 2 aliphatic heterocycles. The van der Waals surface area contributed by atoms with Gasteiger partial charge in [-0.25, -0.2) is 0 Å². The fraction of sp³-hybridized carbons (Fsp3) is 0.526. The minimum Gasteiger partial charge on any atom is -0.372 e. The number of thiophene rings is 1. The molecule has 0 saturated carbocycles. The smallest absolute Gasteiger partial charge is 0.0736 e. The van der Waals surface area contributed by atoms with Gasteiger partial charge in [0.05, 0.1) is 12.7 Å². The molecule has 4 rings (SSSR count). The molecule has 0 spiro atoms. The number of pyridine rings is 1. The summed E-state index contributed by atoms with van der Waals surface area (Å²) in [6.07, 6.45) is 5.22. The third-order valence-electron chi connectivity index (χ3n) is 5.05. The standard InChI is InChI=1S/C19H25N3OS/c1-15-4-5-19(24-15)13-21-7-8-22-12-18(9-17(22)11-21)23-14-16-3-2-6-20-10-16/h2-6,10,17-18H,7-9,11-14H2,1H3/t17-,18-/m0/s1. The highest BCUT2D eigenvalue weighted by atomic mass is 32.1. The Kier molecular flexibility index (Phi) is 4.94. The average Bonchev–Trinajstić information content (AvgIpc) is 3.19. The van der Waals surface area contributed by atoms with E-state index in [4.69, 9.17) is 4.74 Å². The number of hydrogen-bond donors (Lipinski definition) is 0. The zero-order chi connectivity index (χ0) is 16.4. The molecule has 0 bridgehead atoms. The van der Waals surface area contributed by atoms with Crippen LogP contribution in [0.1, 0.15) is 21.7 Å². The van der Waals surface area contributed by atoms with Crippen molar-refractivity contribution in [2.24, 2.45) is 0 Å². The van der Waals surface area contributed by atoms with E-state index in [1.54, 1.807) is 0 Å². The van der Waals surface area contributed by atoms with E-state index in [-0.39, 0.29) is 0 Å². The Morgan fingerprint density at radius 2 is 2.21 bits per heavy atom. The van der Waals surface area contributed by atoms with Crippen LogP contribution in [-0.2, 0) is 17.9 Å². The molecular formula is C19H25N3OS. The van der Waals surface area contributed by atoms with Gasteiger partial charge in [0.1, 0.15) is 0 Å². The normalized spacial score (nSPS) is 25.0. The fourth-order valence-corrected chi connectivity index (χ4v) is 4.75. The highest BCUT2D eigenvalue weighted by molar-refractivity contribution is 7.11. The van der Waals surface area contributed by atoms with Crippen molar-refractivity contribution in [2.45, 2.75) is 38.6 Å². The predicted octanol–water partition coefficient (Wildman–Crippen LogP) is 2.93. The molecule has 128 valence electrons. The van der Waals surface area contributed by atoms with Crippen molar-refractivity contribution in [2.75, 3.05) is 26.2 Å². The summed E-state index contributed by atoms with van der Waals surface area (Å²) < 4.78 is 6.14. The van der Waals surface area contributed by atoms with E-state index in [2.05, 4.69) is 39.9 Å². The van der Waals surface area contributed by atoms with Crippen LogP contribution in [0.25, 0.3) is 0 Å². The Morgan fingerprint density at radius 1 is 1.25 bits per heavy atom. The summed E-state index contributed by atoms with van der Waals surface area (Å²) in [6.45, 7) is 8.56. The molecule has 2 atom stereocenters. The summed E-state index contributed by atoms with van der Waals surface area (Å²) in [6, 6.07) is 9.22. The fourth-order valence-electron chi connectivity index (χ4n) is 3.81. The molecule has 0 N–H and O–H groups in total. The second kappa shape index (κ2) is 7.31. The number of aryl methyl sites for hydroxylation is 1. The Hall–Kier alpha value is -1.27. The number of hydrogen-bond acceptors (Lipinski definition) is 5. The summed E-state index contributed by atoms with van der Waals surface area (Å²) in [4.78, 5) is 12.3. The molecule has 0 radical (unpaired) electrons. The van der Waals surface area contributed by atoms with Gasteiger partial charge in [-0.05, 0) is 37.1 Å². The molecule has 0 aliphatic carbocycles. The summed E-state index contributed by atoms with van der Waals surface area (Å²) in [5.41, 5.74) is 1.16. The molecule has 2 aromatic heterocycles. The molecule has 0 amide bonds. The predicted molar refractivity (Wildman–Crippen MR) is 97.1 cm³/mol. The highest BCUT2D eigenvalue weighted by Crippen LogP contribution is 2.26. The van der Waals surface area contributed by atoms with E-state index < -0.39 is 0 Å². The van der Waals surface area contributed by atoms with Gasteiger partial charge in [-0.1, -0.05) is 6.07 Å². The van der Waals surface area contributed by atoms with E-state index in [1.165, 1.54) is 29.4 Å². The van der Waals surface area contributed by atoms with Crippen molar-refractivity contribution in [1.29, 1.82) is 0 Å². The first kappa shape index (κ1) is 16.2. The number of aromatic nitrogens is 1. The van der Waals surface area contributed by atoms with Crippen LogP contribution < -0.4 is 0 Å². The molecule has 2 saturated heterocycles. The van der Waals surface area contributed by atoms with Crippen LogP contribution >= 0.6 is 11.3 Å². The van der Waals surface area contributed by atoms with Gasteiger partial charge in [0.25, 0.3) is 0 Å². The lowest BCUT2D eigenvalue weighted by Crippen LogP contribution is -2.49. The second-order valence-corrected chi connectivity index (χ2v) is 8.30. The van der Waals surface area contributed by atoms with Gasteiger partial charge < -0.3 is 4.74 Å². The van der Waals surface area contributed by atoms with Crippen molar-refractivity contribution < 1.29 is 4.74 Å². The molecule has 4 nitrogen and oxygen atoms in total. The second-order valence-electron chi connectivity index (χ2n) is 6.93. The van der Waals surface area contributed by atoms with E-state index in [9.17, 15) is 0 Å². The van der Waals surface area contributed by atoms with Gasteiger partial charge >= 0.3 is 0 Å². The van der Waals surface area contributed by atoms with Gasteiger partial charge in [0, 0.05) is 60.9 Å². The van der Waals surface area contributed by atoms with Crippen LogP contribution in [0.15, 0.2) is 36.7 Å². The molecule has 0 unspecified atom stereocenters. The minimum absolute atomic E-state index is 0.360. The Bertz CT molecular complexity index is 660. The van der Waals surface area contributed by atoms with Crippen molar-refractivity contribution in [3.8, 4) is 0 Å². The first-order valence-electron chi connectivity index (χ1n) is 8.78. The number of ether oxygens (including phenoxy) is 1. The van der Waals surface area contributed by atoms with Crippen molar-refractivity contribution in [3.63, 3.8) is 0 Å². The summed E-state index contributed by atoms with van der Waals surface area (Å²) in [5.74, 6) is 0. The number of fused-ring (bicyclic) bond motifs is 1. The van der Waals surface area contributed by atoms with Crippen molar-refractivity contribution >= 4 is 11.3 Å². The lowest BCUT2D eigenvalue weighted by atomic mass is 10.1. The van der Waals surface area contributed by atoms with Crippen LogP contribution in [-0.4, -0.2) is 53.1 Å². The maximum absolute atomic E-state index is 6.14. The van der Waals surface area contributed by atoms with Gasteiger partial charge in [-0.2, -0.15) is 0 Å². The first-order chi connectivity index (χ1) is 11.8. The van der Waals surface area contributed by atoms with Crippen molar-refractivity contribution in [1.82, 2.24) is 14.8 Å². The zero-order valence-electron chi connectivity index (χ0n) is 14.2. The van der Waals surface area contributed by atoms with Crippen LogP contribution in [0.2, 0.25) is 0 Å². The number of nitrogens with zero attached hydrogens (tertiary/aromatic N) is 3. The van der Waals surface area contributed by atoms with Crippen LogP contribution in [0, 0.1) is 6.92 Å². The molecule has 0 aromatic carbocycles. The van der Waals surface area contributed by atoms with E-state index in [0.717, 1.165) is 25.1 Å². The number of rotatable bonds is 5. The molecule has 5 heteroatoms. The van der Waals surface area contributed by atoms with Gasteiger partial charge in [-0.3, -0.25) is 14.8 Å². The topological polar surface area (TPSA) is 28.6 Å². The Morgan fingerprint density at radius 3 is 3.00 bits per heavy atom. The third kappa shape index (κ3) is 3.86. The quantitative estimate of drug-likeness (QED) is 0.835.